The maximum Gasteiger partial charge on any atom is 0.333 e. The molecule has 39 heavy (non-hydrogen) atoms. The van der Waals surface area contributed by atoms with Crippen LogP contribution in [-0.2, 0) is 16.8 Å². The predicted molar refractivity (Wildman–Crippen MR) is 152 cm³/mol. The molecule has 5 rings (SSSR count). The number of benzene rings is 2. The van der Waals surface area contributed by atoms with Gasteiger partial charge in [0.25, 0.3) is 5.91 Å². The predicted octanol–water partition coefficient (Wildman–Crippen LogP) is 5.80. The summed E-state index contributed by atoms with van der Waals surface area (Å²) in [6.07, 6.45) is 5.00. The fourth-order valence-corrected chi connectivity index (χ4v) is 7.71. The van der Waals surface area contributed by atoms with Gasteiger partial charge in [-0.15, -0.1) is 23.1 Å². The zero-order valence-electron chi connectivity index (χ0n) is 22.1. The Morgan fingerprint density at radius 1 is 1.10 bits per heavy atom. The van der Waals surface area contributed by atoms with Gasteiger partial charge in [0, 0.05) is 29.5 Å². The highest BCUT2D eigenvalue weighted by molar-refractivity contribution is 8.00. The first-order valence-corrected chi connectivity index (χ1v) is 14.3. The van der Waals surface area contributed by atoms with Crippen molar-refractivity contribution in [3.63, 3.8) is 0 Å². The number of carboxylic acids is 1. The van der Waals surface area contributed by atoms with Gasteiger partial charge in [0.15, 0.2) is 5.54 Å². The fourth-order valence-electron chi connectivity index (χ4n) is 5.10. The first kappa shape index (κ1) is 27.0. The molecule has 4 aromatic rings. The van der Waals surface area contributed by atoms with Gasteiger partial charge >= 0.3 is 5.97 Å². The number of nitrogens with zero attached hydrogens (tertiary/aromatic N) is 4. The smallest absolute Gasteiger partial charge is 0.333 e. The molecule has 1 saturated heterocycles. The summed E-state index contributed by atoms with van der Waals surface area (Å²) in [7, 11) is 1.58. The van der Waals surface area contributed by atoms with Crippen LogP contribution in [0.5, 0.6) is 5.75 Å². The van der Waals surface area contributed by atoms with Crippen molar-refractivity contribution in [3.05, 3.63) is 100 Å². The minimum Gasteiger partial charge on any atom is -0.496 e. The molecule has 1 amide bonds. The van der Waals surface area contributed by atoms with Crippen LogP contribution >= 0.6 is 23.1 Å². The van der Waals surface area contributed by atoms with Crippen LogP contribution in [0.2, 0.25) is 0 Å². The Labute approximate surface area is 235 Å². The maximum absolute atomic E-state index is 14.5. The Morgan fingerprint density at radius 2 is 1.87 bits per heavy atom. The number of carbonyl (C=O) groups is 2. The largest absolute Gasteiger partial charge is 0.496 e. The van der Waals surface area contributed by atoms with Gasteiger partial charge in [-0.2, -0.15) is 5.10 Å². The van der Waals surface area contributed by atoms with Gasteiger partial charge in [-0.1, -0.05) is 57.2 Å². The Bertz CT molecular complexity index is 1450. The first-order valence-electron chi connectivity index (χ1n) is 12.5. The van der Waals surface area contributed by atoms with Crippen molar-refractivity contribution in [2.45, 2.75) is 48.9 Å². The van der Waals surface area contributed by atoms with Crippen LogP contribution < -0.4 is 4.74 Å². The maximum atomic E-state index is 14.5. The Balaban J connectivity index is 1.72. The van der Waals surface area contributed by atoms with E-state index in [9.17, 15) is 14.7 Å². The molecule has 1 aliphatic heterocycles. The molecule has 3 atom stereocenters. The van der Waals surface area contributed by atoms with Crippen LogP contribution in [-0.4, -0.2) is 49.3 Å². The molecule has 10 heteroatoms. The van der Waals surface area contributed by atoms with Crippen LogP contribution in [0.25, 0.3) is 0 Å². The second kappa shape index (κ2) is 10.5. The number of aliphatic carboxylic acids is 1. The van der Waals surface area contributed by atoms with E-state index in [1.54, 1.807) is 48.6 Å². The number of thioether (sulfide) groups is 1. The van der Waals surface area contributed by atoms with E-state index >= 15 is 0 Å². The number of carboxylic acid groups (broad SMARTS) is 1. The van der Waals surface area contributed by atoms with Crippen LogP contribution in [0, 0.1) is 0 Å². The molecule has 3 heterocycles. The lowest BCUT2D eigenvalue weighted by Crippen LogP contribution is -2.59. The van der Waals surface area contributed by atoms with Crippen molar-refractivity contribution < 1.29 is 19.4 Å². The minimum atomic E-state index is -1.67. The highest BCUT2D eigenvalue weighted by Crippen LogP contribution is 2.60. The number of methoxy groups -OCH3 is 1. The molecule has 8 nitrogen and oxygen atoms in total. The van der Waals surface area contributed by atoms with E-state index in [-0.39, 0.29) is 12.0 Å². The van der Waals surface area contributed by atoms with Crippen LogP contribution in [0.4, 0.5) is 0 Å². The molecule has 1 aliphatic rings. The number of hydrogen-bond donors (Lipinski definition) is 1. The standard InChI is InChI=1S/C29H30N4O4S2/c1-28(2,3)21-12-11-20(17-22(21)37-4)25(34)33-26(24-30-14-16-38-24)39-23(19-9-6-5-7-10-19)29(33,27(35)36)18-32-15-8-13-31-32/h5-17,23,26H,18H2,1-4H3,(H,35,36). The zero-order chi connectivity index (χ0) is 27.8. The zero-order valence-corrected chi connectivity index (χ0v) is 23.8. The van der Waals surface area contributed by atoms with Gasteiger partial charge in [-0.3, -0.25) is 9.48 Å². The summed E-state index contributed by atoms with van der Waals surface area (Å²) < 4.78 is 7.26. The second-order valence-electron chi connectivity index (χ2n) is 10.4. The molecule has 202 valence electrons. The van der Waals surface area contributed by atoms with Crippen molar-refractivity contribution in [2.24, 2.45) is 0 Å². The summed E-state index contributed by atoms with van der Waals surface area (Å²) in [5, 5.41) is 16.7. The summed E-state index contributed by atoms with van der Waals surface area (Å²) in [4.78, 5) is 34.1. The third kappa shape index (κ3) is 4.83. The third-order valence-electron chi connectivity index (χ3n) is 6.94. The number of rotatable bonds is 7. The van der Waals surface area contributed by atoms with Crippen LogP contribution in [0.3, 0.4) is 0 Å². The lowest BCUT2D eigenvalue weighted by molar-refractivity contribution is -0.151. The summed E-state index contributed by atoms with van der Waals surface area (Å²) in [5.41, 5.74) is 0.248. The summed E-state index contributed by atoms with van der Waals surface area (Å²) in [5.74, 6) is -0.932. The summed E-state index contributed by atoms with van der Waals surface area (Å²) >= 11 is 2.83. The van der Waals surface area contributed by atoms with Crippen molar-refractivity contribution in [1.29, 1.82) is 0 Å². The van der Waals surface area contributed by atoms with Crippen molar-refractivity contribution >= 4 is 35.0 Å². The Hall–Kier alpha value is -3.63. The monoisotopic (exact) mass is 562 g/mol. The molecule has 0 aliphatic carbocycles. The summed E-state index contributed by atoms with van der Waals surface area (Å²) in [6, 6.07) is 16.6. The van der Waals surface area contributed by atoms with E-state index in [2.05, 4.69) is 30.9 Å². The molecule has 0 spiro atoms. The molecule has 0 saturated carbocycles. The number of thiazole rings is 1. The van der Waals surface area contributed by atoms with Gasteiger partial charge in [0.2, 0.25) is 0 Å². The van der Waals surface area contributed by atoms with Crippen molar-refractivity contribution in [1.82, 2.24) is 19.7 Å². The minimum absolute atomic E-state index is 0.0350. The van der Waals surface area contributed by atoms with Gasteiger partial charge in [-0.25, -0.2) is 9.78 Å². The van der Waals surface area contributed by atoms with E-state index in [1.807, 2.05) is 41.8 Å². The fraction of sp³-hybridized carbons (Fsp3) is 0.310. The van der Waals surface area contributed by atoms with Gasteiger partial charge in [0.05, 0.1) is 18.9 Å². The van der Waals surface area contributed by atoms with E-state index in [4.69, 9.17) is 4.74 Å². The lowest BCUT2D eigenvalue weighted by Gasteiger charge is -2.39. The quantitative estimate of drug-likeness (QED) is 0.304. The van der Waals surface area contributed by atoms with Gasteiger partial charge in [0.1, 0.15) is 16.1 Å². The van der Waals surface area contributed by atoms with E-state index < -0.39 is 28.0 Å². The summed E-state index contributed by atoms with van der Waals surface area (Å²) in [6.45, 7) is 6.19. The molecule has 2 aromatic heterocycles. The Kier molecular flexibility index (Phi) is 7.26. The highest BCUT2D eigenvalue weighted by atomic mass is 32.2. The normalized spacial score (nSPS) is 21.2. The second-order valence-corrected chi connectivity index (χ2v) is 12.5. The number of hydrogen-bond acceptors (Lipinski definition) is 7. The molecule has 0 bridgehead atoms. The topological polar surface area (TPSA) is 97.5 Å². The molecule has 1 fully saturated rings. The van der Waals surface area contributed by atoms with E-state index in [0.29, 0.717) is 16.3 Å². The van der Waals surface area contributed by atoms with Crippen molar-refractivity contribution in [3.8, 4) is 5.75 Å². The molecular weight excluding hydrogens is 532 g/mol. The average molecular weight is 563 g/mol. The Morgan fingerprint density at radius 3 is 2.46 bits per heavy atom. The van der Waals surface area contributed by atoms with E-state index in [1.165, 1.54) is 28.0 Å². The third-order valence-corrected chi connectivity index (χ3v) is 9.54. The van der Waals surface area contributed by atoms with Crippen molar-refractivity contribution in [2.75, 3.05) is 7.11 Å². The van der Waals surface area contributed by atoms with Gasteiger partial charge < -0.3 is 14.7 Å². The average Bonchev–Trinajstić information content (AvgIpc) is 3.69. The van der Waals surface area contributed by atoms with Gasteiger partial charge in [-0.05, 0) is 34.7 Å². The van der Waals surface area contributed by atoms with Crippen LogP contribution in [0.1, 0.15) is 57.9 Å². The van der Waals surface area contributed by atoms with E-state index in [0.717, 1.165) is 11.1 Å². The highest BCUT2D eigenvalue weighted by Gasteiger charge is 2.63. The first-order chi connectivity index (χ1) is 18.7. The number of amides is 1. The number of aromatic nitrogens is 3. The SMILES string of the molecule is COc1cc(C(=O)N2C(c3nccs3)SC(c3ccccc3)C2(Cn2cccn2)C(=O)O)ccc1C(C)(C)C. The number of ether oxygens (including phenoxy) is 1. The van der Waals surface area contributed by atoms with Crippen LogP contribution in [0.15, 0.2) is 78.6 Å². The molecule has 2 aromatic carbocycles. The number of carbonyl (C=O) groups excluding carboxylic acids is 1. The molecular formula is C29H30N4O4S2. The molecule has 3 unspecified atom stereocenters. The molecule has 0 radical (unpaired) electrons. The lowest BCUT2D eigenvalue weighted by atomic mass is 9.85. The molecule has 1 N–H and O–H groups in total.